The highest BCUT2D eigenvalue weighted by atomic mass is 19.1. The van der Waals surface area contributed by atoms with Crippen molar-refractivity contribution in [3.8, 4) is 11.8 Å². The van der Waals surface area contributed by atoms with Gasteiger partial charge in [0.1, 0.15) is 11.8 Å². The summed E-state index contributed by atoms with van der Waals surface area (Å²) in [6.45, 7) is 6.62. The van der Waals surface area contributed by atoms with Crippen molar-refractivity contribution in [2.24, 2.45) is 34.5 Å². The molecule has 0 spiro atoms. The van der Waals surface area contributed by atoms with Gasteiger partial charge in [-0.1, -0.05) is 19.8 Å². The third-order valence-electron chi connectivity index (χ3n) is 9.09. The van der Waals surface area contributed by atoms with Crippen molar-refractivity contribution in [2.75, 3.05) is 0 Å². The SMILES string of the molecule is CC#CC1(O)CCC2C3CCC4CC(F)CCC4(C)C3CCC21C. The molecule has 4 saturated carbocycles. The summed E-state index contributed by atoms with van der Waals surface area (Å²) in [5.41, 5.74) is -0.493. The standard InChI is InChI=1S/C22H33FO/c1-4-10-22(24)13-9-19-17-6-5-15-14-16(23)7-11-20(15,2)18(17)8-12-21(19,22)3/h15-19,24H,5-9,11-14H2,1-3H3. The number of halogens is 1. The Morgan fingerprint density at radius 3 is 2.46 bits per heavy atom. The Balaban J connectivity index is 1.64. The molecule has 0 saturated heterocycles. The summed E-state index contributed by atoms with van der Waals surface area (Å²) in [6, 6.07) is 0. The van der Waals surface area contributed by atoms with E-state index in [0.717, 1.165) is 44.4 Å². The number of alkyl halides is 1. The third kappa shape index (κ3) is 2.09. The largest absolute Gasteiger partial charge is 0.377 e. The first-order valence-corrected chi connectivity index (χ1v) is 10.1. The lowest BCUT2D eigenvalue weighted by atomic mass is 9.44. The molecule has 4 aliphatic carbocycles. The van der Waals surface area contributed by atoms with E-state index in [1.165, 1.54) is 19.3 Å². The minimum Gasteiger partial charge on any atom is -0.377 e. The fourth-order valence-corrected chi connectivity index (χ4v) is 7.63. The van der Waals surface area contributed by atoms with Crippen LogP contribution in [0, 0.1) is 46.3 Å². The monoisotopic (exact) mass is 332 g/mol. The molecule has 4 aliphatic rings. The van der Waals surface area contributed by atoms with Crippen molar-refractivity contribution in [2.45, 2.75) is 90.3 Å². The average Bonchev–Trinajstić information content (AvgIpc) is 2.80. The Kier molecular flexibility index (Phi) is 3.85. The van der Waals surface area contributed by atoms with Crippen LogP contribution in [0.4, 0.5) is 4.39 Å². The van der Waals surface area contributed by atoms with Gasteiger partial charge in [-0.2, -0.15) is 0 Å². The minimum atomic E-state index is -0.786. The molecule has 0 aromatic rings. The summed E-state index contributed by atoms with van der Waals surface area (Å²) in [7, 11) is 0. The van der Waals surface area contributed by atoms with Gasteiger partial charge >= 0.3 is 0 Å². The van der Waals surface area contributed by atoms with Gasteiger partial charge in [0.2, 0.25) is 0 Å². The first kappa shape index (κ1) is 16.9. The van der Waals surface area contributed by atoms with Crippen molar-refractivity contribution >= 4 is 0 Å². The second-order valence-electron chi connectivity index (χ2n) is 9.76. The summed E-state index contributed by atoms with van der Waals surface area (Å²) in [4.78, 5) is 0. The number of hydrogen-bond acceptors (Lipinski definition) is 1. The molecule has 0 aromatic carbocycles. The van der Waals surface area contributed by atoms with Crippen molar-refractivity contribution in [1.82, 2.24) is 0 Å². The molecule has 1 nitrogen and oxygen atoms in total. The van der Waals surface area contributed by atoms with E-state index in [4.69, 9.17) is 0 Å². The smallest absolute Gasteiger partial charge is 0.131 e. The van der Waals surface area contributed by atoms with Gasteiger partial charge in [0.15, 0.2) is 0 Å². The average molecular weight is 333 g/mol. The van der Waals surface area contributed by atoms with Crippen molar-refractivity contribution in [1.29, 1.82) is 0 Å². The molecule has 0 aliphatic heterocycles. The maximum atomic E-state index is 14.0. The first-order chi connectivity index (χ1) is 11.3. The van der Waals surface area contributed by atoms with E-state index in [0.29, 0.717) is 23.2 Å². The highest BCUT2D eigenvalue weighted by Crippen LogP contribution is 2.68. The van der Waals surface area contributed by atoms with E-state index in [1.807, 2.05) is 6.92 Å². The third-order valence-corrected chi connectivity index (χ3v) is 9.09. The Morgan fingerprint density at radius 2 is 1.71 bits per heavy atom. The van der Waals surface area contributed by atoms with Gasteiger partial charge in [0, 0.05) is 5.41 Å². The molecule has 8 unspecified atom stereocenters. The predicted molar refractivity (Wildman–Crippen MR) is 95.0 cm³/mol. The van der Waals surface area contributed by atoms with Gasteiger partial charge in [-0.25, -0.2) is 4.39 Å². The van der Waals surface area contributed by atoms with Gasteiger partial charge in [0.05, 0.1) is 0 Å². The highest BCUT2D eigenvalue weighted by molar-refractivity contribution is 5.25. The lowest BCUT2D eigenvalue weighted by Gasteiger charge is -2.61. The molecular weight excluding hydrogens is 299 g/mol. The maximum Gasteiger partial charge on any atom is 0.131 e. The molecule has 4 fully saturated rings. The van der Waals surface area contributed by atoms with Crippen LogP contribution < -0.4 is 0 Å². The maximum absolute atomic E-state index is 14.0. The Morgan fingerprint density at radius 1 is 0.958 bits per heavy atom. The zero-order valence-electron chi connectivity index (χ0n) is 15.6. The molecule has 134 valence electrons. The van der Waals surface area contributed by atoms with Crippen LogP contribution in [-0.4, -0.2) is 16.9 Å². The van der Waals surface area contributed by atoms with Crippen LogP contribution in [0.15, 0.2) is 0 Å². The molecular formula is C22H33FO. The van der Waals surface area contributed by atoms with Crippen LogP contribution in [0.1, 0.15) is 78.6 Å². The van der Waals surface area contributed by atoms with Crippen LogP contribution in [0.25, 0.3) is 0 Å². The van der Waals surface area contributed by atoms with Crippen LogP contribution in [0.3, 0.4) is 0 Å². The molecule has 24 heavy (non-hydrogen) atoms. The number of fused-ring (bicyclic) bond motifs is 5. The molecule has 0 heterocycles. The van der Waals surface area contributed by atoms with E-state index < -0.39 is 11.8 Å². The van der Waals surface area contributed by atoms with E-state index >= 15 is 0 Å². The van der Waals surface area contributed by atoms with Gasteiger partial charge in [0.25, 0.3) is 0 Å². The summed E-state index contributed by atoms with van der Waals surface area (Å²) in [5, 5.41) is 11.2. The fourth-order valence-electron chi connectivity index (χ4n) is 7.63. The molecule has 0 radical (unpaired) electrons. The normalized spacial score (nSPS) is 56.5. The molecule has 1 N–H and O–H groups in total. The minimum absolute atomic E-state index is 0.0440. The fraction of sp³-hybridized carbons (Fsp3) is 0.909. The summed E-state index contributed by atoms with van der Waals surface area (Å²) < 4.78 is 14.0. The van der Waals surface area contributed by atoms with Crippen molar-refractivity contribution in [3.63, 3.8) is 0 Å². The summed E-state index contributed by atoms with van der Waals surface area (Å²) in [5.74, 6) is 8.82. The molecule has 0 aromatic heterocycles. The quantitative estimate of drug-likeness (QED) is 0.610. The summed E-state index contributed by atoms with van der Waals surface area (Å²) >= 11 is 0. The number of aliphatic hydroxyl groups is 1. The number of hydrogen-bond donors (Lipinski definition) is 1. The molecule has 2 heteroatoms. The van der Waals surface area contributed by atoms with E-state index in [2.05, 4.69) is 25.7 Å². The molecule has 8 atom stereocenters. The molecule has 0 bridgehead atoms. The molecule has 0 amide bonds. The van der Waals surface area contributed by atoms with Gasteiger partial charge in [-0.15, -0.1) is 5.92 Å². The zero-order valence-corrected chi connectivity index (χ0v) is 15.6. The second kappa shape index (κ2) is 5.47. The Hall–Kier alpha value is -0.550. The zero-order chi connectivity index (χ0) is 17.2. The van der Waals surface area contributed by atoms with Crippen molar-refractivity contribution < 1.29 is 9.50 Å². The Bertz CT molecular complexity index is 576. The predicted octanol–water partition coefficient (Wildman–Crippen LogP) is 5.12. The van der Waals surface area contributed by atoms with Crippen LogP contribution >= 0.6 is 0 Å². The Labute approximate surface area is 146 Å². The van der Waals surface area contributed by atoms with Gasteiger partial charge in [-0.3, -0.25) is 0 Å². The van der Waals surface area contributed by atoms with E-state index in [-0.39, 0.29) is 5.41 Å². The lowest BCUT2D eigenvalue weighted by Crippen LogP contribution is -2.56. The van der Waals surface area contributed by atoms with E-state index in [1.54, 1.807) is 0 Å². The van der Waals surface area contributed by atoms with Crippen LogP contribution in [-0.2, 0) is 0 Å². The van der Waals surface area contributed by atoms with Crippen LogP contribution in [0.2, 0.25) is 0 Å². The lowest BCUT2D eigenvalue weighted by molar-refractivity contribution is -0.140. The van der Waals surface area contributed by atoms with Gasteiger partial charge in [-0.05, 0) is 93.8 Å². The van der Waals surface area contributed by atoms with E-state index in [9.17, 15) is 9.50 Å². The molecule has 4 rings (SSSR count). The first-order valence-electron chi connectivity index (χ1n) is 10.1. The van der Waals surface area contributed by atoms with Crippen LogP contribution in [0.5, 0.6) is 0 Å². The number of rotatable bonds is 0. The summed E-state index contributed by atoms with van der Waals surface area (Å²) in [6.07, 6.45) is 8.76. The van der Waals surface area contributed by atoms with Crippen molar-refractivity contribution in [3.05, 3.63) is 0 Å². The topological polar surface area (TPSA) is 20.2 Å². The second-order valence-corrected chi connectivity index (χ2v) is 9.76. The highest BCUT2D eigenvalue weighted by Gasteiger charge is 2.64. The van der Waals surface area contributed by atoms with Gasteiger partial charge < -0.3 is 5.11 Å².